The van der Waals surface area contributed by atoms with E-state index in [2.05, 4.69) is 15.7 Å². The molecular formula is C22H35N5O4. The Morgan fingerprint density at radius 2 is 1.97 bits per heavy atom. The van der Waals surface area contributed by atoms with Crippen molar-refractivity contribution in [3.8, 4) is 0 Å². The molecule has 9 nitrogen and oxygen atoms in total. The molecule has 1 aliphatic carbocycles. The quantitative estimate of drug-likeness (QED) is 0.480. The zero-order chi connectivity index (χ0) is 22.4. The summed E-state index contributed by atoms with van der Waals surface area (Å²) in [5, 5.41) is 10.3. The molecule has 2 heterocycles. The van der Waals surface area contributed by atoms with E-state index in [1.165, 1.54) is 28.5 Å². The largest absolute Gasteiger partial charge is 0.382 e. The average molecular weight is 434 g/mol. The van der Waals surface area contributed by atoms with E-state index in [1.807, 2.05) is 6.92 Å². The number of amides is 3. The molecule has 1 unspecified atom stereocenters. The Morgan fingerprint density at radius 3 is 2.65 bits per heavy atom. The van der Waals surface area contributed by atoms with Crippen molar-refractivity contribution < 1.29 is 19.1 Å². The summed E-state index contributed by atoms with van der Waals surface area (Å²) < 4.78 is 6.75. The lowest BCUT2D eigenvalue weighted by molar-refractivity contribution is -0.133. The first-order valence-corrected chi connectivity index (χ1v) is 11.4. The highest BCUT2D eigenvalue weighted by Crippen LogP contribution is 2.27. The van der Waals surface area contributed by atoms with Crippen molar-refractivity contribution in [2.75, 3.05) is 26.8 Å². The summed E-state index contributed by atoms with van der Waals surface area (Å²) in [5.41, 5.74) is -0.559. The molecule has 3 amide bonds. The van der Waals surface area contributed by atoms with Gasteiger partial charge in [-0.05, 0) is 33.1 Å². The van der Waals surface area contributed by atoms with Gasteiger partial charge in [-0.25, -0.2) is 0 Å². The first kappa shape index (κ1) is 23.2. The molecule has 0 radical (unpaired) electrons. The van der Waals surface area contributed by atoms with Gasteiger partial charge in [0.15, 0.2) is 5.69 Å². The zero-order valence-corrected chi connectivity index (χ0v) is 18.9. The van der Waals surface area contributed by atoms with Crippen molar-refractivity contribution >= 4 is 17.7 Å². The van der Waals surface area contributed by atoms with Crippen LogP contribution >= 0.6 is 0 Å². The Hall–Kier alpha value is -2.42. The molecule has 1 saturated carbocycles. The SMILES string of the molecule is CCOCCCNC(=O)c1cc2n(n1)CC(C)(C(=O)NC1CCCCCC1)N(C)C2=O. The highest BCUT2D eigenvalue weighted by atomic mass is 16.5. The van der Waals surface area contributed by atoms with Crippen LogP contribution in [0.4, 0.5) is 0 Å². The fourth-order valence-corrected chi connectivity index (χ4v) is 4.21. The minimum Gasteiger partial charge on any atom is -0.382 e. The van der Waals surface area contributed by atoms with Crippen LogP contribution in [0.15, 0.2) is 6.07 Å². The molecule has 31 heavy (non-hydrogen) atoms. The predicted octanol–water partition coefficient (Wildman–Crippen LogP) is 1.72. The van der Waals surface area contributed by atoms with Crippen LogP contribution in [0.2, 0.25) is 0 Å². The molecular weight excluding hydrogens is 398 g/mol. The van der Waals surface area contributed by atoms with Gasteiger partial charge in [-0.2, -0.15) is 5.10 Å². The lowest BCUT2D eigenvalue weighted by Gasteiger charge is -2.41. The molecule has 3 rings (SSSR count). The molecule has 0 bridgehead atoms. The van der Waals surface area contributed by atoms with Crippen molar-refractivity contribution in [1.29, 1.82) is 0 Å². The third kappa shape index (κ3) is 5.26. The second-order valence-electron chi connectivity index (χ2n) is 8.68. The third-order valence-electron chi connectivity index (χ3n) is 6.37. The first-order valence-electron chi connectivity index (χ1n) is 11.4. The molecule has 9 heteroatoms. The van der Waals surface area contributed by atoms with Gasteiger partial charge in [0.25, 0.3) is 11.8 Å². The Bertz CT molecular complexity index is 800. The van der Waals surface area contributed by atoms with Gasteiger partial charge in [0, 0.05) is 38.9 Å². The second kappa shape index (κ2) is 10.3. The average Bonchev–Trinajstić information content (AvgIpc) is 3.00. The predicted molar refractivity (Wildman–Crippen MR) is 116 cm³/mol. The smallest absolute Gasteiger partial charge is 0.272 e. The number of hydrogen-bond acceptors (Lipinski definition) is 5. The number of hydrogen-bond donors (Lipinski definition) is 2. The number of fused-ring (bicyclic) bond motifs is 1. The van der Waals surface area contributed by atoms with Crippen LogP contribution in [-0.4, -0.2) is 70.8 Å². The Balaban J connectivity index is 1.68. The van der Waals surface area contributed by atoms with Crippen LogP contribution in [0.25, 0.3) is 0 Å². The molecule has 2 aliphatic rings. The van der Waals surface area contributed by atoms with Gasteiger partial charge in [-0.1, -0.05) is 25.7 Å². The molecule has 1 fully saturated rings. The van der Waals surface area contributed by atoms with Crippen LogP contribution in [0.5, 0.6) is 0 Å². The summed E-state index contributed by atoms with van der Waals surface area (Å²) in [6.45, 7) is 5.58. The van der Waals surface area contributed by atoms with Crippen molar-refractivity contribution in [2.45, 2.75) is 76.9 Å². The van der Waals surface area contributed by atoms with E-state index >= 15 is 0 Å². The Kier molecular flexibility index (Phi) is 7.69. The van der Waals surface area contributed by atoms with E-state index in [-0.39, 0.29) is 36.0 Å². The third-order valence-corrected chi connectivity index (χ3v) is 6.37. The zero-order valence-electron chi connectivity index (χ0n) is 18.9. The Morgan fingerprint density at radius 1 is 1.26 bits per heavy atom. The van der Waals surface area contributed by atoms with Crippen LogP contribution < -0.4 is 10.6 Å². The van der Waals surface area contributed by atoms with E-state index in [4.69, 9.17) is 4.74 Å². The summed E-state index contributed by atoms with van der Waals surface area (Å²) in [6, 6.07) is 1.65. The summed E-state index contributed by atoms with van der Waals surface area (Å²) in [5.74, 6) is -0.815. The number of nitrogens with zero attached hydrogens (tertiary/aromatic N) is 3. The number of carbonyl (C=O) groups is 3. The summed E-state index contributed by atoms with van der Waals surface area (Å²) in [4.78, 5) is 40.1. The highest BCUT2D eigenvalue weighted by Gasteiger charge is 2.46. The van der Waals surface area contributed by atoms with Crippen LogP contribution in [0, 0.1) is 0 Å². The minimum absolute atomic E-state index is 0.146. The lowest BCUT2D eigenvalue weighted by Crippen LogP contribution is -2.63. The van der Waals surface area contributed by atoms with E-state index in [0.29, 0.717) is 31.9 Å². The van der Waals surface area contributed by atoms with Crippen molar-refractivity contribution in [2.24, 2.45) is 0 Å². The summed E-state index contributed by atoms with van der Waals surface area (Å²) in [7, 11) is 1.64. The lowest BCUT2D eigenvalue weighted by atomic mass is 9.95. The van der Waals surface area contributed by atoms with Crippen LogP contribution in [0.1, 0.15) is 79.8 Å². The molecule has 0 saturated heterocycles. The standard InChI is InChI=1S/C22H35N5O4/c1-4-31-13-9-12-23-19(28)17-14-18-20(29)26(3)22(2,15-27(18)25-17)21(30)24-16-10-7-5-6-8-11-16/h14,16H,4-13,15H2,1-3H3,(H,23,28)(H,24,30). The monoisotopic (exact) mass is 433 g/mol. The van der Waals surface area contributed by atoms with Crippen LogP contribution in [-0.2, 0) is 16.1 Å². The fourth-order valence-electron chi connectivity index (χ4n) is 4.21. The number of nitrogens with one attached hydrogen (secondary N) is 2. The maximum atomic E-state index is 13.2. The number of likely N-dealkylation sites (N-methyl/N-ethyl adjacent to an activating group) is 1. The molecule has 172 valence electrons. The van der Waals surface area contributed by atoms with Crippen LogP contribution in [0.3, 0.4) is 0 Å². The van der Waals surface area contributed by atoms with Gasteiger partial charge in [-0.15, -0.1) is 0 Å². The number of aromatic nitrogens is 2. The molecule has 0 aromatic carbocycles. The van der Waals surface area contributed by atoms with Crippen molar-refractivity contribution in [3.63, 3.8) is 0 Å². The van der Waals surface area contributed by atoms with Gasteiger partial charge in [0.2, 0.25) is 5.91 Å². The van der Waals surface area contributed by atoms with Gasteiger partial charge < -0.3 is 20.3 Å². The second-order valence-corrected chi connectivity index (χ2v) is 8.68. The van der Waals surface area contributed by atoms with Gasteiger partial charge in [-0.3, -0.25) is 19.1 Å². The maximum Gasteiger partial charge on any atom is 0.272 e. The summed E-state index contributed by atoms with van der Waals surface area (Å²) >= 11 is 0. The van der Waals surface area contributed by atoms with E-state index in [1.54, 1.807) is 14.0 Å². The molecule has 1 atom stereocenters. The Labute approximate surface area is 183 Å². The summed E-state index contributed by atoms with van der Waals surface area (Å²) in [6.07, 6.45) is 7.28. The topological polar surface area (TPSA) is 106 Å². The van der Waals surface area contributed by atoms with E-state index in [9.17, 15) is 14.4 Å². The van der Waals surface area contributed by atoms with E-state index < -0.39 is 5.54 Å². The number of rotatable bonds is 8. The molecule has 1 aliphatic heterocycles. The van der Waals surface area contributed by atoms with Crippen molar-refractivity contribution in [3.05, 3.63) is 17.5 Å². The highest BCUT2D eigenvalue weighted by molar-refractivity contribution is 6.01. The number of ether oxygens (including phenoxy) is 1. The van der Waals surface area contributed by atoms with Gasteiger partial charge in [0.1, 0.15) is 11.2 Å². The van der Waals surface area contributed by atoms with Gasteiger partial charge >= 0.3 is 0 Å². The molecule has 2 N–H and O–H groups in total. The minimum atomic E-state index is -1.06. The molecule has 1 aromatic heterocycles. The van der Waals surface area contributed by atoms with Crippen molar-refractivity contribution in [1.82, 2.24) is 25.3 Å². The normalized spacial score (nSPS) is 22.0. The first-order chi connectivity index (χ1) is 14.9. The van der Waals surface area contributed by atoms with E-state index in [0.717, 1.165) is 25.7 Å². The molecule has 1 aromatic rings. The number of carbonyl (C=O) groups excluding carboxylic acids is 3. The van der Waals surface area contributed by atoms with Gasteiger partial charge in [0.05, 0.1) is 6.54 Å². The maximum absolute atomic E-state index is 13.2. The fraction of sp³-hybridized carbons (Fsp3) is 0.727. The molecule has 0 spiro atoms.